The minimum Gasteiger partial charge on any atom is -0.457 e. The van der Waals surface area contributed by atoms with E-state index in [0.717, 1.165) is 28.3 Å². The van der Waals surface area contributed by atoms with Crippen molar-refractivity contribution >= 4 is 101 Å². The van der Waals surface area contributed by atoms with E-state index in [4.69, 9.17) is 4.74 Å². The van der Waals surface area contributed by atoms with Crippen molar-refractivity contribution < 1.29 is 4.74 Å². The minimum atomic E-state index is -3.28. The Kier molecular flexibility index (Phi) is 10.9. The zero-order valence-corrected chi connectivity index (χ0v) is 48.0. The summed E-state index contributed by atoms with van der Waals surface area (Å²) < 4.78 is 12.1. The van der Waals surface area contributed by atoms with Gasteiger partial charge in [-0.15, -0.1) is 0 Å². The van der Waals surface area contributed by atoms with Crippen LogP contribution in [0.4, 0.5) is 0 Å². The van der Waals surface area contributed by atoms with Crippen molar-refractivity contribution in [2.24, 2.45) is 0 Å². The van der Waals surface area contributed by atoms with Crippen molar-refractivity contribution in [3.63, 3.8) is 0 Å². The van der Waals surface area contributed by atoms with E-state index in [-0.39, 0.29) is 0 Å². The van der Waals surface area contributed by atoms with Gasteiger partial charge in [-0.25, -0.2) is 0 Å². The van der Waals surface area contributed by atoms with Crippen LogP contribution in [0.5, 0.6) is 11.5 Å². The molecule has 15 aromatic rings. The molecular weight excluding hydrogens is 1050 g/mol. The average molecular weight is 1100 g/mol. The largest absolute Gasteiger partial charge is 0.457 e. The zero-order chi connectivity index (χ0) is 55.4. The van der Waals surface area contributed by atoms with E-state index in [1.165, 1.54) is 102 Å². The predicted octanol–water partition coefficient (Wildman–Crippen LogP) is 13.4. The molecule has 84 heavy (non-hydrogen) atoms. The number of hydrogen-bond acceptors (Lipinski definition) is 1. The van der Waals surface area contributed by atoms with Crippen molar-refractivity contribution in [2.45, 2.75) is 5.41 Å². The summed E-state index contributed by atoms with van der Waals surface area (Å²) in [6, 6.07) is 124. The molecule has 3 nitrogen and oxygen atoms in total. The van der Waals surface area contributed by atoms with Crippen LogP contribution >= 0.6 is 0 Å². The summed E-state index contributed by atoms with van der Waals surface area (Å²) in [5, 5.41) is 15.6. The Balaban J connectivity index is 1.02. The molecular formula is C79H54N2OSi2. The molecule has 5 heteroatoms. The van der Waals surface area contributed by atoms with Crippen LogP contribution in [0.25, 0.3) is 55.0 Å². The maximum atomic E-state index is 6.99. The van der Waals surface area contributed by atoms with Gasteiger partial charge in [0.15, 0.2) is 16.1 Å². The predicted molar refractivity (Wildman–Crippen MR) is 354 cm³/mol. The molecule has 13 aromatic carbocycles. The highest BCUT2D eigenvalue weighted by Gasteiger charge is 2.52. The van der Waals surface area contributed by atoms with E-state index < -0.39 is 21.6 Å². The number of aromatic nitrogens is 2. The molecule has 0 fully saturated rings. The van der Waals surface area contributed by atoms with Crippen LogP contribution in [-0.2, 0) is 5.41 Å². The standard InChI is InChI=1S/C79H54N2OSi2/c1-6-27-56(28-7-1)83(57-29-8-2-9-30-57,58-31-10-3-11-32-58)62-48-50-66-67-40-25-43-71-78(67)81(74(66)53-62)75-54-63(49-51-68(75)79(71)69-41-18-22-46-76(69)82-77-47-23-19-42-70(77)79)84(59-33-12-4-13-34-59,60-35-14-5-15-36-60)61-37-24-26-55(52-61)80-72-44-20-16-38-64(72)65-39-17-21-45-73(65)80/h1-54H. The lowest BCUT2D eigenvalue weighted by Crippen LogP contribution is -2.74. The van der Waals surface area contributed by atoms with Gasteiger partial charge < -0.3 is 13.9 Å². The minimum absolute atomic E-state index is 0.747. The fraction of sp³-hybridized carbons (Fsp3) is 0.0127. The molecule has 0 aliphatic carbocycles. The second-order valence-corrected chi connectivity index (χ2v) is 30.2. The molecule has 0 bridgehead atoms. The summed E-state index contributed by atoms with van der Waals surface area (Å²) >= 11 is 0. The number of nitrogens with zero attached hydrogens (tertiary/aromatic N) is 2. The zero-order valence-electron chi connectivity index (χ0n) is 46.0. The van der Waals surface area contributed by atoms with E-state index >= 15 is 0 Å². The lowest BCUT2D eigenvalue weighted by atomic mass is 9.62. The highest BCUT2D eigenvalue weighted by molar-refractivity contribution is 7.20. The summed E-state index contributed by atoms with van der Waals surface area (Å²) in [5.41, 5.74) is 11.1. The Hall–Kier alpha value is -10.3. The van der Waals surface area contributed by atoms with Crippen LogP contribution in [-0.4, -0.2) is 25.3 Å². The molecule has 394 valence electrons. The van der Waals surface area contributed by atoms with Gasteiger partial charge >= 0.3 is 0 Å². The molecule has 2 aromatic heterocycles. The second kappa shape index (κ2) is 18.9. The fourth-order valence-electron chi connectivity index (χ4n) is 15.4. The molecule has 4 heterocycles. The molecule has 0 saturated carbocycles. The molecule has 1 spiro atoms. The lowest BCUT2D eigenvalue weighted by Gasteiger charge is -2.45. The summed E-state index contributed by atoms with van der Waals surface area (Å²) in [6.45, 7) is 0. The maximum absolute atomic E-state index is 6.99. The molecule has 0 unspecified atom stereocenters. The van der Waals surface area contributed by atoms with Gasteiger partial charge in [-0.05, 0) is 101 Å². The Morgan fingerprint density at radius 1 is 0.250 bits per heavy atom. The topological polar surface area (TPSA) is 19.1 Å². The number of ether oxygens (including phenoxy) is 1. The van der Waals surface area contributed by atoms with E-state index in [2.05, 4.69) is 337 Å². The molecule has 0 N–H and O–H groups in total. The molecule has 0 amide bonds. The van der Waals surface area contributed by atoms with Crippen molar-refractivity contribution in [3.05, 3.63) is 350 Å². The number of benzene rings is 13. The Morgan fingerprint density at radius 3 is 1.19 bits per heavy atom. The molecule has 0 atom stereocenters. The molecule has 2 aliphatic rings. The summed E-state index contributed by atoms with van der Waals surface area (Å²) in [5.74, 6) is 1.75. The quantitative estimate of drug-likeness (QED) is 0.104. The number of rotatable bonds is 9. The normalized spacial score (nSPS) is 13.2. The first-order valence-electron chi connectivity index (χ1n) is 29.2. The fourth-order valence-corrected chi connectivity index (χ4v) is 24.9. The third-order valence-corrected chi connectivity index (χ3v) is 28.2. The van der Waals surface area contributed by atoms with Gasteiger partial charge in [-0.2, -0.15) is 0 Å². The Morgan fingerprint density at radius 2 is 0.643 bits per heavy atom. The third kappa shape index (κ3) is 6.67. The van der Waals surface area contributed by atoms with Crippen LogP contribution in [0.2, 0.25) is 0 Å². The monoisotopic (exact) mass is 1100 g/mol. The van der Waals surface area contributed by atoms with Crippen LogP contribution in [0.3, 0.4) is 0 Å². The summed E-state index contributed by atoms with van der Waals surface area (Å²) in [7, 11) is -6.27. The van der Waals surface area contributed by atoms with Gasteiger partial charge in [0.05, 0.1) is 33.2 Å². The maximum Gasteiger partial charge on any atom is 0.179 e. The second-order valence-electron chi connectivity index (χ2n) is 22.6. The Labute approximate surface area is 490 Å². The van der Waals surface area contributed by atoms with Gasteiger partial charge in [0.2, 0.25) is 0 Å². The van der Waals surface area contributed by atoms with Gasteiger partial charge in [-0.3, -0.25) is 0 Å². The third-order valence-electron chi connectivity index (χ3n) is 18.7. The lowest BCUT2D eigenvalue weighted by molar-refractivity contribution is 0.434. The highest BCUT2D eigenvalue weighted by Crippen LogP contribution is 2.60. The summed E-state index contributed by atoms with van der Waals surface area (Å²) in [6.07, 6.45) is 0. The van der Waals surface area contributed by atoms with Crippen LogP contribution < -0.4 is 46.2 Å². The first kappa shape index (κ1) is 48.4. The SMILES string of the molecule is c1ccc([Si](c2ccccc2)(c2cccc(-n3c4ccccc4c4ccccc43)c2)c2ccc3c(c2)-n2c4cc([Si](c5ccccc5)(c5ccccc5)c5ccccc5)ccc4c4cccc(c42)C32c3ccccc3Oc3ccccc32)cc1. The number of para-hydroxylation sites is 5. The summed E-state index contributed by atoms with van der Waals surface area (Å²) in [4.78, 5) is 0. The van der Waals surface area contributed by atoms with Crippen molar-refractivity contribution in [3.8, 4) is 22.9 Å². The Bertz CT molecular complexity index is 4820. The van der Waals surface area contributed by atoms with E-state index in [1.54, 1.807) is 0 Å². The van der Waals surface area contributed by atoms with Crippen molar-refractivity contribution in [1.82, 2.24) is 9.13 Å². The highest BCUT2D eigenvalue weighted by atomic mass is 28.3. The van der Waals surface area contributed by atoms with Crippen molar-refractivity contribution in [2.75, 3.05) is 0 Å². The smallest absolute Gasteiger partial charge is 0.179 e. The van der Waals surface area contributed by atoms with E-state index in [9.17, 15) is 0 Å². The molecule has 0 radical (unpaired) electrons. The molecule has 17 rings (SSSR count). The van der Waals surface area contributed by atoms with Crippen molar-refractivity contribution in [1.29, 1.82) is 0 Å². The first-order chi connectivity index (χ1) is 41.7. The molecule has 2 aliphatic heterocycles. The van der Waals surface area contributed by atoms with Gasteiger partial charge in [0.25, 0.3) is 0 Å². The first-order valence-corrected chi connectivity index (χ1v) is 33.2. The molecule has 0 saturated heterocycles. The number of fused-ring (bicyclic) bond motifs is 14. The van der Waals surface area contributed by atoms with Crippen LogP contribution in [0, 0.1) is 0 Å². The average Bonchev–Trinajstić information content (AvgIpc) is 1.28. The van der Waals surface area contributed by atoms with Gasteiger partial charge in [-0.1, -0.05) is 279 Å². The van der Waals surface area contributed by atoms with E-state index in [1.807, 2.05) is 0 Å². The number of hydrogen-bond donors (Lipinski definition) is 0. The van der Waals surface area contributed by atoms with E-state index in [0.29, 0.717) is 0 Å². The van der Waals surface area contributed by atoms with Gasteiger partial charge in [0, 0.05) is 38.4 Å². The van der Waals surface area contributed by atoms with Crippen LogP contribution in [0.1, 0.15) is 22.3 Å². The van der Waals surface area contributed by atoms with Crippen LogP contribution in [0.15, 0.2) is 328 Å². The van der Waals surface area contributed by atoms with Gasteiger partial charge in [0.1, 0.15) is 11.5 Å².